The van der Waals surface area contributed by atoms with Gasteiger partial charge in [-0.15, -0.1) is 0 Å². The van der Waals surface area contributed by atoms with E-state index in [4.69, 9.17) is 4.99 Å². The number of aliphatic hydroxyl groups is 1. The molecule has 22 heavy (non-hydrogen) atoms. The molecule has 5 unspecified atom stereocenters. The minimum atomic E-state index is 0.231. The number of fused-ring (bicyclic) bond motifs is 1. The van der Waals surface area contributed by atoms with Crippen molar-refractivity contribution in [3.8, 4) is 0 Å². The maximum Gasteiger partial charge on any atom is 0.0925 e. The highest BCUT2D eigenvalue weighted by atomic mass is 16.3. The van der Waals surface area contributed by atoms with Crippen LogP contribution in [0.5, 0.6) is 0 Å². The Kier molecular flexibility index (Phi) is 4.48. The molecule has 3 rings (SSSR count). The van der Waals surface area contributed by atoms with Gasteiger partial charge in [0.25, 0.3) is 0 Å². The highest BCUT2D eigenvalue weighted by Crippen LogP contribution is 2.47. The fraction of sp³-hybridized carbons (Fsp3) is 0.667. The van der Waals surface area contributed by atoms with Crippen molar-refractivity contribution in [3.05, 3.63) is 29.9 Å². The second-order valence-corrected chi connectivity index (χ2v) is 7.12. The smallest absolute Gasteiger partial charge is 0.0925 e. The first kappa shape index (κ1) is 15.5. The van der Waals surface area contributed by atoms with E-state index in [9.17, 15) is 5.11 Å². The van der Waals surface area contributed by atoms with Crippen LogP contribution in [0.1, 0.15) is 44.0 Å². The summed E-state index contributed by atoms with van der Waals surface area (Å²) >= 11 is 0. The molecule has 0 aromatic carbocycles. The van der Waals surface area contributed by atoms with Gasteiger partial charge in [0.2, 0.25) is 0 Å². The molecule has 0 spiro atoms. The average molecular weight is 301 g/mol. The topological polar surface area (TPSA) is 61.3 Å². The van der Waals surface area contributed by atoms with E-state index in [-0.39, 0.29) is 12.6 Å². The molecule has 5 atom stereocenters. The molecule has 1 saturated carbocycles. The Labute approximate surface area is 132 Å². The summed E-state index contributed by atoms with van der Waals surface area (Å²) in [5.41, 5.74) is 2.40. The van der Waals surface area contributed by atoms with E-state index in [2.05, 4.69) is 42.9 Å². The molecule has 4 heteroatoms. The lowest BCUT2D eigenvalue weighted by atomic mass is 9.62. The predicted octanol–water partition coefficient (Wildman–Crippen LogP) is 3.10. The summed E-state index contributed by atoms with van der Waals surface area (Å²) in [6.07, 6.45) is 10.3. The predicted molar refractivity (Wildman–Crippen MR) is 89.1 cm³/mol. The monoisotopic (exact) mass is 301 g/mol. The van der Waals surface area contributed by atoms with Gasteiger partial charge in [-0.25, -0.2) is 4.98 Å². The van der Waals surface area contributed by atoms with Gasteiger partial charge in [0.05, 0.1) is 18.1 Å². The Balaban J connectivity index is 1.93. The number of aliphatic imine (C=N–C) groups is 1. The highest BCUT2D eigenvalue weighted by Gasteiger charge is 2.43. The third kappa shape index (κ3) is 2.65. The molecule has 1 fully saturated rings. The van der Waals surface area contributed by atoms with Crippen LogP contribution < -0.4 is 0 Å². The van der Waals surface area contributed by atoms with Crippen molar-refractivity contribution in [2.24, 2.45) is 28.7 Å². The zero-order chi connectivity index (χ0) is 15.7. The van der Waals surface area contributed by atoms with E-state index >= 15 is 0 Å². The van der Waals surface area contributed by atoms with Gasteiger partial charge in [-0.3, -0.25) is 4.99 Å². The highest BCUT2D eigenvalue weighted by molar-refractivity contribution is 5.72. The summed E-state index contributed by atoms with van der Waals surface area (Å²) in [6, 6.07) is 0.231. The maximum atomic E-state index is 9.68. The molecule has 1 aliphatic carbocycles. The molecule has 1 aromatic heterocycles. The Morgan fingerprint density at radius 3 is 2.82 bits per heavy atom. The number of rotatable bonds is 4. The van der Waals surface area contributed by atoms with Gasteiger partial charge in [-0.1, -0.05) is 19.9 Å². The molecular formula is C18H27N3O. The summed E-state index contributed by atoms with van der Waals surface area (Å²) in [4.78, 5) is 12.6. The molecule has 2 aliphatic rings. The SMILES string of the molecule is Cc1[nH]cnc1C(C(C)C)C1CCC(CO)C2N=CC=CC12. The summed E-state index contributed by atoms with van der Waals surface area (Å²) in [6.45, 7) is 6.94. The lowest BCUT2D eigenvalue weighted by Gasteiger charge is -2.44. The molecule has 2 heterocycles. The number of aryl methyl sites for hydroxylation is 1. The van der Waals surface area contributed by atoms with E-state index in [1.54, 1.807) is 0 Å². The number of nitrogens with zero attached hydrogens (tertiary/aromatic N) is 2. The summed E-state index contributed by atoms with van der Waals surface area (Å²) in [5, 5.41) is 9.68. The van der Waals surface area contributed by atoms with Gasteiger partial charge >= 0.3 is 0 Å². The number of hydrogen-bond donors (Lipinski definition) is 2. The van der Waals surface area contributed by atoms with E-state index < -0.39 is 0 Å². The van der Waals surface area contributed by atoms with Crippen LogP contribution in [-0.4, -0.2) is 33.9 Å². The Bertz CT molecular complexity index is 560. The van der Waals surface area contributed by atoms with Crippen LogP contribution >= 0.6 is 0 Å². The van der Waals surface area contributed by atoms with Gasteiger partial charge in [-0.05, 0) is 37.7 Å². The third-order valence-electron chi connectivity index (χ3n) is 5.52. The molecule has 0 bridgehead atoms. The number of hydrogen-bond acceptors (Lipinski definition) is 3. The van der Waals surface area contributed by atoms with E-state index in [1.165, 1.54) is 11.4 Å². The fourth-order valence-electron chi connectivity index (χ4n) is 4.48. The van der Waals surface area contributed by atoms with Crippen molar-refractivity contribution in [2.45, 2.75) is 45.6 Å². The maximum absolute atomic E-state index is 9.68. The molecule has 0 saturated heterocycles. The molecule has 120 valence electrons. The minimum Gasteiger partial charge on any atom is -0.396 e. The third-order valence-corrected chi connectivity index (χ3v) is 5.52. The number of nitrogens with one attached hydrogen (secondary N) is 1. The molecular weight excluding hydrogens is 274 g/mol. The van der Waals surface area contributed by atoms with Crippen molar-refractivity contribution in [1.29, 1.82) is 0 Å². The van der Waals surface area contributed by atoms with E-state index in [0.717, 1.165) is 12.8 Å². The van der Waals surface area contributed by atoms with Crippen molar-refractivity contribution in [3.63, 3.8) is 0 Å². The zero-order valence-electron chi connectivity index (χ0n) is 13.7. The molecule has 0 amide bonds. The van der Waals surface area contributed by atoms with Crippen molar-refractivity contribution in [2.75, 3.05) is 6.61 Å². The number of allylic oxidation sites excluding steroid dienone is 1. The fourth-order valence-corrected chi connectivity index (χ4v) is 4.48. The van der Waals surface area contributed by atoms with Crippen LogP contribution in [0.15, 0.2) is 23.5 Å². The first-order valence-corrected chi connectivity index (χ1v) is 8.44. The van der Waals surface area contributed by atoms with Gasteiger partial charge in [-0.2, -0.15) is 0 Å². The number of H-pyrrole nitrogens is 1. The first-order chi connectivity index (χ1) is 10.6. The Morgan fingerprint density at radius 2 is 2.18 bits per heavy atom. The van der Waals surface area contributed by atoms with Crippen LogP contribution in [0.3, 0.4) is 0 Å². The average Bonchev–Trinajstić information content (AvgIpc) is 2.93. The second kappa shape index (κ2) is 6.37. The van der Waals surface area contributed by atoms with E-state index in [1.807, 2.05) is 12.5 Å². The van der Waals surface area contributed by atoms with Crippen molar-refractivity contribution < 1.29 is 5.11 Å². The molecule has 4 nitrogen and oxygen atoms in total. The van der Waals surface area contributed by atoms with Gasteiger partial charge < -0.3 is 10.1 Å². The normalized spacial score (nSPS) is 32.2. The van der Waals surface area contributed by atoms with E-state index in [0.29, 0.717) is 29.6 Å². The molecule has 1 aromatic rings. The number of aromatic nitrogens is 2. The number of aromatic amines is 1. The number of imidazole rings is 1. The van der Waals surface area contributed by atoms with Crippen LogP contribution in [0.2, 0.25) is 0 Å². The van der Waals surface area contributed by atoms with Crippen LogP contribution in [-0.2, 0) is 0 Å². The zero-order valence-corrected chi connectivity index (χ0v) is 13.7. The second-order valence-electron chi connectivity index (χ2n) is 7.12. The quantitative estimate of drug-likeness (QED) is 0.897. The Hall–Kier alpha value is -1.42. The van der Waals surface area contributed by atoms with Crippen LogP contribution in [0.4, 0.5) is 0 Å². The first-order valence-electron chi connectivity index (χ1n) is 8.44. The number of aliphatic hydroxyl groups excluding tert-OH is 1. The largest absolute Gasteiger partial charge is 0.396 e. The Morgan fingerprint density at radius 1 is 1.36 bits per heavy atom. The standard InChI is InChI=1S/C18H27N3O/c1-11(2)16(17-12(3)20-10-21-17)14-7-6-13(9-22)18-15(14)5-4-8-19-18/h4-5,8,10-11,13-16,18,22H,6-7,9H2,1-3H3,(H,20,21). The van der Waals surface area contributed by atoms with Gasteiger partial charge in [0.1, 0.15) is 0 Å². The molecule has 0 radical (unpaired) electrons. The molecule has 2 N–H and O–H groups in total. The van der Waals surface area contributed by atoms with Gasteiger partial charge in [0, 0.05) is 36.3 Å². The minimum absolute atomic E-state index is 0.231. The lowest BCUT2D eigenvalue weighted by molar-refractivity contribution is 0.0940. The summed E-state index contributed by atoms with van der Waals surface area (Å²) in [5.74, 6) is 2.24. The van der Waals surface area contributed by atoms with Crippen LogP contribution in [0, 0.1) is 30.6 Å². The van der Waals surface area contributed by atoms with Crippen molar-refractivity contribution >= 4 is 6.21 Å². The van der Waals surface area contributed by atoms with Crippen molar-refractivity contribution in [1.82, 2.24) is 9.97 Å². The summed E-state index contributed by atoms with van der Waals surface area (Å²) in [7, 11) is 0. The van der Waals surface area contributed by atoms with Gasteiger partial charge in [0.15, 0.2) is 0 Å². The number of dihydropyridines is 1. The van der Waals surface area contributed by atoms with Crippen LogP contribution in [0.25, 0.3) is 0 Å². The summed E-state index contributed by atoms with van der Waals surface area (Å²) < 4.78 is 0. The lowest BCUT2D eigenvalue weighted by Crippen LogP contribution is -2.43. The molecule has 1 aliphatic heterocycles.